The maximum absolute atomic E-state index is 13.9. The van der Waals surface area contributed by atoms with Gasteiger partial charge in [-0.05, 0) is 77.9 Å². The maximum Gasteiger partial charge on any atom is 0.174 e. The molecule has 0 radical (unpaired) electrons. The number of benzene rings is 3. The fourth-order valence-electron chi connectivity index (χ4n) is 2.89. The zero-order valence-corrected chi connectivity index (χ0v) is 19.2. The number of ether oxygens (including phenoxy) is 2. The van der Waals surface area contributed by atoms with Crippen LogP contribution in [-0.4, -0.2) is 6.61 Å². The molecule has 0 aliphatic heterocycles. The van der Waals surface area contributed by atoms with E-state index in [1.165, 1.54) is 6.07 Å². The SMILES string of the molecule is CCOc1cc(CNc2cccc(Cl)c2C)cc(I)c1OCc1ccccc1F. The van der Waals surface area contributed by atoms with Gasteiger partial charge in [0.25, 0.3) is 0 Å². The number of halogens is 3. The zero-order valence-electron chi connectivity index (χ0n) is 16.3. The molecule has 1 N–H and O–H groups in total. The first-order valence-electron chi connectivity index (χ1n) is 9.30. The van der Waals surface area contributed by atoms with Gasteiger partial charge in [0.1, 0.15) is 12.4 Å². The average Bonchev–Trinajstić information content (AvgIpc) is 2.70. The third-order valence-electron chi connectivity index (χ3n) is 4.45. The number of hydrogen-bond acceptors (Lipinski definition) is 3. The second kappa shape index (κ2) is 10.2. The van der Waals surface area contributed by atoms with E-state index in [0.29, 0.717) is 30.2 Å². The van der Waals surface area contributed by atoms with Crippen molar-refractivity contribution in [2.75, 3.05) is 11.9 Å². The molecular formula is C23H22ClFINO2. The van der Waals surface area contributed by atoms with Crippen LogP contribution >= 0.6 is 34.2 Å². The van der Waals surface area contributed by atoms with E-state index in [1.807, 2.05) is 44.2 Å². The molecule has 0 atom stereocenters. The molecule has 0 saturated carbocycles. The Hall–Kier alpha value is -1.99. The van der Waals surface area contributed by atoms with E-state index in [4.69, 9.17) is 21.1 Å². The van der Waals surface area contributed by atoms with Gasteiger partial charge in [0.15, 0.2) is 11.5 Å². The van der Waals surface area contributed by atoms with E-state index in [2.05, 4.69) is 27.9 Å². The molecule has 29 heavy (non-hydrogen) atoms. The van der Waals surface area contributed by atoms with E-state index < -0.39 is 0 Å². The molecule has 0 heterocycles. The summed E-state index contributed by atoms with van der Waals surface area (Å²) in [6.45, 7) is 5.18. The number of nitrogens with one attached hydrogen (secondary N) is 1. The lowest BCUT2D eigenvalue weighted by Gasteiger charge is -2.17. The molecule has 6 heteroatoms. The summed E-state index contributed by atoms with van der Waals surface area (Å²) in [4.78, 5) is 0. The summed E-state index contributed by atoms with van der Waals surface area (Å²) in [6, 6.07) is 16.4. The highest BCUT2D eigenvalue weighted by Gasteiger charge is 2.14. The van der Waals surface area contributed by atoms with Gasteiger partial charge in [0.05, 0.1) is 10.2 Å². The molecule has 0 spiro atoms. The standard InChI is InChI=1S/C23H22ClFINO2/c1-3-28-22-12-16(13-27-21-10-6-8-18(24)15(21)2)11-20(26)23(22)29-14-17-7-4-5-9-19(17)25/h4-12,27H,3,13-14H2,1-2H3. The minimum atomic E-state index is -0.279. The van der Waals surface area contributed by atoms with Crippen molar-refractivity contribution in [1.82, 2.24) is 0 Å². The molecule has 152 valence electrons. The van der Waals surface area contributed by atoms with Crippen LogP contribution in [0.4, 0.5) is 10.1 Å². The second-order valence-electron chi connectivity index (χ2n) is 6.48. The first kappa shape index (κ1) is 21.7. The highest BCUT2D eigenvalue weighted by Crippen LogP contribution is 2.35. The lowest BCUT2D eigenvalue weighted by molar-refractivity contribution is 0.264. The van der Waals surface area contributed by atoms with Crippen LogP contribution in [0.3, 0.4) is 0 Å². The van der Waals surface area contributed by atoms with Crippen LogP contribution in [0.15, 0.2) is 54.6 Å². The van der Waals surface area contributed by atoms with Crippen LogP contribution in [0.25, 0.3) is 0 Å². The summed E-state index contributed by atoms with van der Waals surface area (Å²) >= 11 is 8.42. The van der Waals surface area contributed by atoms with Crippen molar-refractivity contribution in [3.63, 3.8) is 0 Å². The number of anilines is 1. The van der Waals surface area contributed by atoms with Crippen LogP contribution in [0, 0.1) is 16.3 Å². The summed E-state index contributed by atoms with van der Waals surface area (Å²) < 4.78 is 26.5. The monoisotopic (exact) mass is 525 g/mol. The van der Waals surface area contributed by atoms with E-state index in [9.17, 15) is 4.39 Å². The quantitative estimate of drug-likeness (QED) is 0.322. The first-order valence-corrected chi connectivity index (χ1v) is 10.8. The van der Waals surface area contributed by atoms with Crippen molar-refractivity contribution in [1.29, 1.82) is 0 Å². The molecule has 3 aromatic rings. The smallest absolute Gasteiger partial charge is 0.174 e. The Bertz CT molecular complexity index is 997. The first-order chi connectivity index (χ1) is 14.0. The molecule has 3 rings (SSSR count). The predicted octanol–water partition coefficient (Wildman–Crippen LogP) is 6.98. The van der Waals surface area contributed by atoms with Crippen molar-refractivity contribution >= 4 is 39.9 Å². The van der Waals surface area contributed by atoms with Crippen LogP contribution in [0.1, 0.15) is 23.6 Å². The van der Waals surface area contributed by atoms with Gasteiger partial charge in [-0.1, -0.05) is 35.9 Å². The van der Waals surface area contributed by atoms with E-state index in [1.54, 1.807) is 18.2 Å². The molecule has 0 aromatic heterocycles. The molecule has 0 amide bonds. The largest absolute Gasteiger partial charge is 0.490 e. The summed E-state index contributed by atoms with van der Waals surface area (Å²) in [6.07, 6.45) is 0. The van der Waals surface area contributed by atoms with Gasteiger partial charge >= 0.3 is 0 Å². The minimum absolute atomic E-state index is 0.141. The van der Waals surface area contributed by atoms with Crippen molar-refractivity contribution in [3.05, 3.63) is 85.7 Å². The highest BCUT2D eigenvalue weighted by atomic mass is 127. The molecule has 3 aromatic carbocycles. The van der Waals surface area contributed by atoms with E-state index in [0.717, 1.165) is 25.4 Å². The molecule has 0 saturated heterocycles. The molecule has 0 aliphatic carbocycles. The van der Waals surface area contributed by atoms with Gasteiger partial charge in [-0.3, -0.25) is 0 Å². The Morgan fingerprint density at radius 2 is 1.86 bits per heavy atom. The van der Waals surface area contributed by atoms with E-state index >= 15 is 0 Å². The Kier molecular flexibility index (Phi) is 7.61. The van der Waals surface area contributed by atoms with Crippen LogP contribution in [0.2, 0.25) is 5.02 Å². The van der Waals surface area contributed by atoms with Gasteiger partial charge in [-0.25, -0.2) is 4.39 Å². The Balaban J connectivity index is 1.78. The fraction of sp³-hybridized carbons (Fsp3) is 0.217. The molecule has 0 unspecified atom stereocenters. The summed E-state index contributed by atoms with van der Waals surface area (Å²) in [5.74, 6) is 0.993. The van der Waals surface area contributed by atoms with E-state index in [-0.39, 0.29) is 12.4 Å². The van der Waals surface area contributed by atoms with Gasteiger partial charge in [0, 0.05) is 22.8 Å². The second-order valence-corrected chi connectivity index (χ2v) is 8.05. The van der Waals surface area contributed by atoms with Crippen LogP contribution in [-0.2, 0) is 13.2 Å². The Morgan fingerprint density at radius 1 is 1.07 bits per heavy atom. The van der Waals surface area contributed by atoms with Crippen molar-refractivity contribution < 1.29 is 13.9 Å². The lowest BCUT2D eigenvalue weighted by atomic mass is 10.1. The Morgan fingerprint density at radius 3 is 2.62 bits per heavy atom. The van der Waals surface area contributed by atoms with Gasteiger partial charge in [0.2, 0.25) is 0 Å². The third-order valence-corrected chi connectivity index (χ3v) is 5.66. The summed E-state index contributed by atoms with van der Waals surface area (Å²) in [5, 5.41) is 4.15. The maximum atomic E-state index is 13.9. The molecular weight excluding hydrogens is 504 g/mol. The summed E-state index contributed by atoms with van der Waals surface area (Å²) in [7, 11) is 0. The van der Waals surface area contributed by atoms with Crippen molar-refractivity contribution in [2.24, 2.45) is 0 Å². The molecule has 0 aliphatic rings. The van der Waals surface area contributed by atoms with Gasteiger partial charge in [-0.15, -0.1) is 0 Å². The predicted molar refractivity (Wildman–Crippen MR) is 125 cm³/mol. The third kappa shape index (κ3) is 5.54. The fourth-order valence-corrected chi connectivity index (χ4v) is 3.88. The molecule has 3 nitrogen and oxygen atoms in total. The van der Waals surface area contributed by atoms with Crippen molar-refractivity contribution in [3.8, 4) is 11.5 Å². The van der Waals surface area contributed by atoms with Gasteiger partial charge in [-0.2, -0.15) is 0 Å². The van der Waals surface area contributed by atoms with Crippen LogP contribution < -0.4 is 14.8 Å². The average molecular weight is 526 g/mol. The van der Waals surface area contributed by atoms with Crippen molar-refractivity contribution in [2.45, 2.75) is 27.0 Å². The lowest BCUT2D eigenvalue weighted by Crippen LogP contribution is -2.06. The topological polar surface area (TPSA) is 30.5 Å². The Labute approximate surface area is 189 Å². The summed E-state index contributed by atoms with van der Waals surface area (Å²) in [5.41, 5.74) is 3.56. The molecule has 0 fully saturated rings. The van der Waals surface area contributed by atoms with Crippen LogP contribution in [0.5, 0.6) is 11.5 Å². The normalized spacial score (nSPS) is 10.7. The van der Waals surface area contributed by atoms with Gasteiger partial charge < -0.3 is 14.8 Å². The number of hydrogen-bond donors (Lipinski definition) is 1. The highest BCUT2D eigenvalue weighted by molar-refractivity contribution is 14.1. The minimum Gasteiger partial charge on any atom is -0.490 e. The molecule has 0 bridgehead atoms. The zero-order chi connectivity index (χ0) is 20.8. The number of rotatable bonds is 8.